The summed E-state index contributed by atoms with van der Waals surface area (Å²) in [5, 5.41) is 10.5. The molecule has 0 unspecified atom stereocenters. The van der Waals surface area contributed by atoms with Crippen LogP contribution < -0.4 is 4.74 Å². The van der Waals surface area contributed by atoms with Crippen LogP contribution in [0.25, 0.3) is 0 Å². The van der Waals surface area contributed by atoms with Gasteiger partial charge in [0.15, 0.2) is 5.54 Å². The lowest BCUT2D eigenvalue weighted by Crippen LogP contribution is -2.56. The molecule has 0 aliphatic carbocycles. The van der Waals surface area contributed by atoms with E-state index in [1.165, 1.54) is 12.1 Å². The number of rotatable bonds is 6. The predicted octanol–water partition coefficient (Wildman–Crippen LogP) is 4.61. The van der Waals surface area contributed by atoms with Gasteiger partial charge in [0, 0.05) is 12.8 Å². The average Bonchev–Trinajstić information content (AvgIpc) is 3.09. The zero-order valence-electron chi connectivity index (χ0n) is 19.7. The van der Waals surface area contributed by atoms with Gasteiger partial charge in [-0.2, -0.15) is 0 Å². The Morgan fingerprint density at radius 2 is 1.66 bits per heavy atom. The molecule has 0 aromatic heterocycles. The molecule has 1 heterocycles. The molecule has 1 fully saturated rings. The minimum Gasteiger partial charge on any atom is -0.459 e. The molecule has 1 saturated heterocycles. The molecular weight excluding hydrogens is 467 g/mol. The molecule has 7 nitrogen and oxygen atoms in total. The fourth-order valence-electron chi connectivity index (χ4n) is 3.95. The molecule has 1 amide bonds. The number of nitrogens with zero attached hydrogens (tertiary/aromatic N) is 1. The monoisotopic (exact) mass is 495 g/mol. The lowest BCUT2D eigenvalue weighted by atomic mass is 9.87. The third-order valence-electron chi connectivity index (χ3n) is 5.34. The number of β-amino-alcohol motifs (C(OH)–C–C–N with tert-alkyl or cyclic N) is 1. The van der Waals surface area contributed by atoms with E-state index in [1.807, 2.05) is 6.07 Å². The van der Waals surface area contributed by atoms with E-state index in [-0.39, 0.29) is 26.0 Å². The highest BCUT2D eigenvalue weighted by molar-refractivity contribution is 5.87. The van der Waals surface area contributed by atoms with Crippen molar-refractivity contribution in [3.63, 3.8) is 0 Å². The minimum atomic E-state index is -4.84. The number of benzene rings is 2. The minimum absolute atomic E-state index is 0.0575. The largest absolute Gasteiger partial charge is 0.573 e. The molecule has 0 bridgehead atoms. The van der Waals surface area contributed by atoms with E-state index in [0.29, 0.717) is 5.56 Å². The third-order valence-corrected chi connectivity index (χ3v) is 5.34. The predicted molar refractivity (Wildman–Crippen MR) is 119 cm³/mol. The number of alkyl halides is 3. The summed E-state index contributed by atoms with van der Waals surface area (Å²) in [6.45, 7) is 4.80. The summed E-state index contributed by atoms with van der Waals surface area (Å²) in [6, 6.07) is 13.9. The first-order valence-electron chi connectivity index (χ1n) is 11.0. The molecule has 3 rings (SSSR count). The van der Waals surface area contributed by atoms with Gasteiger partial charge in [-0.25, -0.2) is 9.59 Å². The Morgan fingerprint density at radius 1 is 1.03 bits per heavy atom. The first-order chi connectivity index (χ1) is 16.3. The van der Waals surface area contributed by atoms with Crippen LogP contribution in [0.3, 0.4) is 0 Å². The van der Waals surface area contributed by atoms with Crippen molar-refractivity contribution < 1.29 is 42.1 Å². The van der Waals surface area contributed by atoms with Crippen LogP contribution in [0.4, 0.5) is 18.0 Å². The van der Waals surface area contributed by atoms with Crippen molar-refractivity contribution in [1.82, 2.24) is 4.90 Å². The molecule has 1 N–H and O–H groups in total. The lowest BCUT2D eigenvalue weighted by Gasteiger charge is -2.37. The van der Waals surface area contributed by atoms with Crippen molar-refractivity contribution in [2.24, 2.45) is 0 Å². The number of aliphatic hydroxyl groups is 1. The highest BCUT2D eigenvalue weighted by atomic mass is 19.4. The molecule has 2 atom stereocenters. The van der Waals surface area contributed by atoms with Crippen molar-refractivity contribution in [2.75, 3.05) is 6.54 Å². The molecule has 2 aromatic rings. The molecule has 0 saturated carbocycles. The smallest absolute Gasteiger partial charge is 0.459 e. The fraction of sp³-hybridized carbons (Fsp3) is 0.440. The van der Waals surface area contributed by atoms with Gasteiger partial charge in [-0.15, -0.1) is 13.2 Å². The van der Waals surface area contributed by atoms with Crippen LogP contribution in [0.1, 0.15) is 38.3 Å². The Balaban J connectivity index is 1.91. The van der Waals surface area contributed by atoms with Crippen molar-refractivity contribution in [3.05, 3.63) is 65.7 Å². The second-order valence-corrected chi connectivity index (χ2v) is 9.41. The van der Waals surface area contributed by atoms with Gasteiger partial charge in [0.05, 0.1) is 12.6 Å². The normalized spacial score (nSPS) is 20.4. The Kier molecular flexibility index (Phi) is 7.64. The van der Waals surface area contributed by atoms with Gasteiger partial charge in [0.25, 0.3) is 0 Å². The molecule has 190 valence electrons. The van der Waals surface area contributed by atoms with Gasteiger partial charge < -0.3 is 19.3 Å². The molecule has 1 aliphatic heterocycles. The standard InChI is InChI=1S/C25H28F3NO6/c1-23(2,3)35-22(32)29-15-19(30)14-24(29,21(31)33-16-18-7-5-4-6-8-18)13-17-9-11-20(12-10-17)34-25(26,27)28/h4-12,19,30H,13-16H2,1-3H3/t19-,24-/m0/s1. The topological polar surface area (TPSA) is 85.3 Å². The van der Waals surface area contributed by atoms with E-state index in [2.05, 4.69) is 4.74 Å². The molecule has 10 heteroatoms. The van der Waals surface area contributed by atoms with E-state index in [4.69, 9.17) is 9.47 Å². The third kappa shape index (κ3) is 7.11. The molecule has 1 aliphatic rings. The molecule has 0 spiro atoms. The molecule has 2 aromatic carbocycles. The highest BCUT2D eigenvalue weighted by Gasteiger charge is 2.55. The molecule has 0 radical (unpaired) electrons. The molecule has 35 heavy (non-hydrogen) atoms. The number of aliphatic hydroxyl groups excluding tert-OH is 1. The van der Waals surface area contributed by atoms with E-state index >= 15 is 0 Å². The van der Waals surface area contributed by atoms with E-state index in [1.54, 1.807) is 45.0 Å². The van der Waals surface area contributed by atoms with Crippen LogP contribution in [0.5, 0.6) is 5.75 Å². The Labute approximate surface area is 201 Å². The van der Waals surface area contributed by atoms with Crippen LogP contribution in [0, 0.1) is 0 Å². The van der Waals surface area contributed by atoms with Crippen LogP contribution in [0.15, 0.2) is 54.6 Å². The zero-order chi connectivity index (χ0) is 25.9. The Bertz CT molecular complexity index is 1020. The lowest BCUT2D eigenvalue weighted by molar-refractivity contribution is -0.274. The second-order valence-electron chi connectivity index (χ2n) is 9.41. The van der Waals surface area contributed by atoms with Crippen LogP contribution in [-0.2, 0) is 27.3 Å². The number of hydrogen-bond donors (Lipinski definition) is 1. The van der Waals surface area contributed by atoms with E-state index in [9.17, 15) is 27.9 Å². The summed E-state index contributed by atoms with van der Waals surface area (Å²) in [6.07, 6.45) is -6.90. The first-order valence-corrected chi connectivity index (χ1v) is 11.0. The fourth-order valence-corrected chi connectivity index (χ4v) is 3.95. The van der Waals surface area contributed by atoms with Gasteiger partial charge >= 0.3 is 18.4 Å². The SMILES string of the molecule is CC(C)(C)OC(=O)N1C[C@@H](O)C[C@@]1(Cc1ccc(OC(F)(F)F)cc1)C(=O)OCc1ccccc1. The number of esters is 1. The number of carbonyl (C=O) groups excluding carboxylic acids is 2. The van der Waals surface area contributed by atoms with E-state index < -0.39 is 41.4 Å². The van der Waals surface area contributed by atoms with Gasteiger partial charge in [0.2, 0.25) is 0 Å². The first kappa shape index (κ1) is 26.3. The number of hydrogen-bond acceptors (Lipinski definition) is 6. The number of halogens is 3. The van der Waals surface area contributed by atoms with Crippen LogP contribution in [-0.4, -0.2) is 52.2 Å². The number of amides is 1. The van der Waals surface area contributed by atoms with E-state index in [0.717, 1.165) is 22.6 Å². The number of carbonyl (C=O) groups is 2. The molecular formula is C25H28F3NO6. The summed E-state index contributed by atoms with van der Waals surface area (Å²) >= 11 is 0. The van der Waals surface area contributed by atoms with Gasteiger partial charge in [-0.1, -0.05) is 42.5 Å². The maximum Gasteiger partial charge on any atom is 0.573 e. The number of ether oxygens (including phenoxy) is 3. The maximum absolute atomic E-state index is 13.5. The maximum atomic E-state index is 13.5. The zero-order valence-corrected chi connectivity index (χ0v) is 19.7. The summed E-state index contributed by atoms with van der Waals surface area (Å²) < 4.78 is 52.5. The quantitative estimate of drug-likeness (QED) is 0.589. The van der Waals surface area contributed by atoms with Crippen molar-refractivity contribution in [1.29, 1.82) is 0 Å². The number of likely N-dealkylation sites (tertiary alicyclic amines) is 1. The van der Waals surface area contributed by atoms with Crippen molar-refractivity contribution in [2.45, 2.75) is 63.8 Å². The summed E-state index contributed by atoms with van der Waals surface area (Å²) in [7, 11) is 0. The van der Waals surface area contributed by atoms with Gasteiger partial charge in [-0.3, -0.25) is 4.90 Å². The second kappa shape index (κ2) is 10.2. The average molecular weight is 495 g/mol. The highest BCUT2D eigenvalue weighted by Crippen LogP contribution is 2.36. The van der Waals surface area contributed by atoms with Gasteiger partial charge in [0.1, 0.15) is 18.0 Å². The summed E-state index contributed by atoms with van der Waals surface area (Å²) in [4.78, 5) is 27.7. The van der Waals surface area contributed by atoms with Crippen molar-refractivity contribution >= 4 is 12.1 Å². The van der Waals surface area contributed by atoms with Gasteiger partial charge in [-0.05, 0) is 44.0 Å². The Morgan fingerprint density at radius 3 is 2.23 bits per heavy atom. The van der Waals surface area contributed by atoms with Crippen LogP contribution in [0.2, 0.25) is 0 Å². The van der Waals surface area contributed by atoms with Crippen molar-refractivity contribution in [3.8, 4) is 5.75 Å². The van der Waals surface area contributed by atoms with Crippen LogP contribution >= 0.6 is 0 Å². The summed E-state index contributed by atoms with van der Waals surface area (Å²) in [5.74, 6) is -1.17. The Hall–Kier alpha value is -3.27. The summed E-state index contributed by atoms with van der Waals surface area (Å²) in [5.41, 5.74) is -1.31.